The third kappa shape index (κ3) is 3.81. The van der Waals surface area contributed by atoms with Crippen molar-refractivity contribution in [1.29, 1.82) is 0 Å². The summed E-state index contributed by atoms with van der Waals surface area (Å²) in [6, 6.07) is 10.2. The van der Waals surface area contributed by atoms with Crippen LogP contribution in [0.3, 0.4) is 0 Å². The first kappa shape index (κ1) is 15.0. The van der Waals surface area contributed by atoms with Gasteiger partial charge in [0.1, 0.15) is 5.82 Å². The van der Waals surface area contributed by atoms with Gasteiger partial charge in [-0.15, -0.1) is 0 Å². The van der Waals surface area contributed by atoms with Crippen LogP contribution in [0.4, 0.5) is 15.8 Å². The van der Waals surface area contributed by atoms with Crippen molar-refractivity contribution in [2.45, 2.75) is 20.8 Å². The quantitative estimate of drug-likeness (QED) is 0.897. The number of hydrogen-bond acceptors (Lipinski definition) is 2. The van der Waals surface area contributed by atoms with Gasteiger partial charge in [-0.3, -0.25) is 4.79 Å². The predicted octanol–water partition coefficient (Wildman–Crippen LogP) is 3.80. The van der Waals surface area contributed by atoms with E-state index in [9.17, 15) is 9.18 Å². The summed E-state index contributed by atoms with van der Waals surface area (Å²) >= 11 is 0. The maximum absolute atomic E-state index is 13.0. The lowest BCUT2D eigenvalue weighted by atomic mass is 10.1. The average Bonchev–Trinajstić information content (AvgIpc) is 2.43. The largest absolute Gasteiger partial charge is 0.376 e. The molecule has 0 fully saturated rings. The highest BCUT2D eigenvalue weighted by atomic mass is 19.1. The molecule has 0 atom stereocenters. The van der Waals surface area contributed by atoms with Gasteiger partial charge in [-0.25, -0.2) is 4.39 Å². The Kier molecular flexibility index (Phi) is 4.58. The monoisotopic (exact) mass is 286 g/mol. The molecule has 2 N–H and O–H groups in total. The molecule has 2 aromatic carbocycles. The predicted molar refractivity (Wildman–Crippen MR) is 84.2 cm³/mol. The molecule has 21 heavy (non-hydrogen) atoms. The fourth-order valence-electron chi connectivity index (χ4n) is 2.08. The lowest BCUT2D eigenvalue weighted by Crippen LogP contribution is -2.22. The number of anilines is 2. The SMILES string of the molecule is Cc1cc(F)ccc1NCC(=O)Nc1cccc(C)c1C. The third-order valence-electron chi connectivity index (χ3n) is 3.51. The van der Waals surface area contributed by atoms with Gasteiger partial charge in [0.15, 0.2) is 0 Å². The summed E-state index contributed by atoms with van der Waals surface area (Å²) in [6.45, 7) is 5.92. The fraction of sp³-hybridized carbons (Fsp3) is 0.235. The number of rotatable bonds is 4. The topological polar surface area (TPSA) is 41.1 Å². The average molecular weight is 286 g/mol. The normalized spacial score (nSPS) is 10.3. The molecular formula is C17H19FN2O. The van der Waals surface area contributed by atoms with E-state index in [4.69, 9.17) is 0 Å². The number of amides is 1. The Bertz CT molecular complexity index is 668. The van der Waals surface area contributed by atoms with Crippen LogP contribution < -0.4 is 10.6 Å². The molecule has 4 heteroatoms. The number of carbonyl (C=O) groups is 1. The van der Waals surface area contributed by atoms with Crippen molar-refractivity contribution in [3.63, 3.8) is 0 Å². The first-order valence-corrected chi connectivity index (χ1v) is 6.83. The summed E-state index contributed by atoms with van der Waals surface area (Å²) in [5, 5.41) is 5.89. The number of carbonyl (C=O) groups excluding carboxylic acids is 1. The zero-order chi connectivity index (χ0) is 15.4. The third-order valence-corrected chi connectivity index (χ3v) is 3.51. The van der Waals surface area contributed by atoms with Gasteiger partial charge >= 0.3 is 0 Å². The van der Waals surface area contributed by atoms with Crippen molar-refractivity contribution < 1.29 is 9.18 Å². The van der Waals surface area contributed by atoms with Crippen LogP contribution in [0.2, 0.25) is 0 Å². The first-order chi connectivity index (χ1) is 9.97. The van der Waals surface area contributed by atoms with Crippen LogP contribution in [0.1, 0.15) is 16.7 Å². The van der Waals surface area contributed by atoms with Gasteiger partial charge in [-0.05, 0) is 61.7 Å². The van der Waals surface area contributed by atoms with Crippen molar-refractivity contribution in [1.82, 2.24) is 0 Å². The summed E-state index contributed by atoms with van der Waals surface area (Å²) in [7, 11) is 0. The van der Waals surface area contributed by atoms with Crippen molar-refractivity contribution in [3.05, 3.63) is 58.9 Å². The van der Waals surface area contributed by atoms with E-state index in [-0.39, 0.29) is 18.3 Å². The highest BCUT2D eigenvalue weighted by Crippen LogP contribution is 2.18. The molecule has 110 valence electrons. The number of aryl methyl sites for hydroxylation is 2. The Morgan fingerprint density at radius 1 is 1.05 bits per heavy atom. The molecule has 0 saturated heterocycles. The van der Waals surface area contributed by atoms with Gasteiger partial charge in [-0.1, -0.05) is 12.1 Å². The zero-order valence-corrected chi connectivity index (χ0v) is 12.5. The summed E-state index contributed by atoms with van der Waals surface area (Å²) < 4.78 is 13.0. The Hall–Kier alpha value is -2.36. The lowest BCUT2D eigenvalue weighted by molar-refractivity contribution is -0.114. The molecule has 0 aliphatic heterocycles. The van der Waals surface area contributed by atoms with Crippen LogP contribution in [0.25, 0.3) is 0 Å². The van der Waals surface area contributed by atoms with E-state index in [1.807, 2.05) is 32.0 Å². The van der Waals surface area contributed by atoms with Crippen molar-refractivity contribution in [2.24, 2.45) is 0 Å². The summed E-state index contributed by atoms with van der Waals surface area (Å²) in [4.78, 5) is 12.0. The van der Waals surface area contributed by atoms with E-state index in [1.165, 1.54) is 12.1 Å². The molecule has 0 aromatic heterocycles. The minimum Gasteiger partial charge on any atom is -0.376 e. The molecule has 0 aliphatic rings. The zero-order valence-electron chi connectivity index (χ0n) is 12.5. The van der Waals surface area contributed by atoms with Crippen molar-refractivity contribution in [2.75, 3.05) is 17.2 Å². The van der Waals surface area contributed by atoms with E-state index in [0.29, 0.717) is 0 Å². The van der Waals surface area contributed by atoms with Crippen LogP contribution >= 0.6 is 0 Å². The Morgan fingerprint density at radius 3 is 2.52 bits per heavy atom. The fourth-order valence-corrected chi connectivity index (χ4v) is 2.08. The summed E-state index contributed by atoms with van der Waals surface area (Å²) in [6.07, 6.45) is 0. The van der Waals surface area contributed by atoms with Crippen LogP contribution in [-0.4, -0.2) is 12.5 Å². The van der Waals surface area contributed by atoms with Crippen LogP contribution in [0, 0.1) is 26.6 Å². The Morgan fingerprint density at radius 2 is 1.81 bits per heavy atom. The smallest absolute Gasteiger partial charge is 0.243 e. The van der Waals surface area contributed by atoms with E-state index < -0.39 is 0 Å². The summed E-state index contributed by atoms with van der Waals surface area (Å²) in [5.41, 5.74) is 4.54. The molecular weight excluding hydrogens is 267 g/mol. The molecule has 0 spiro atoms. The summed E-state index contributed by atoms with van der Waals surface area (Å²) in [5.74, 6) is -0.412. The molecule has 0 aliphatic carbocycles. The second-order valence-electron chi connectivity index (χ2n) is 5.11. The van der Waals surface area contributed by atoms with Crippen molar-refractivity contribution >= 4 is 17.3 Å². The van der Waals surface area contributed by atoms with Gasteiger partial charge in [0.25, 0.3) is 0 Å². The van der Waals surface area contributed by atoms with Gasteiger partial charge < -0.3 is 10.6 Å². The maximum atomic E-state index is 13.0. The van der Waals surface area contributed by atoms with Gasteiger partial charge in [0.05, 0.1) is 6.54 Å². The number of nitrogens with one attached hydrogen (secondary N) is 2. The maximum Gasteiger partial charge on any atom is 0.243 e. The molecule has 1 amide bonds. The van der Waals surface area contributed by atoms with E-state index >= 15 is 0 Å². The van der Waals surface area contributed by atoms with E-state index in [2.05, 4.69) is 10.6 Å². The molecule has 0 radical (unpaired) electrons. The van der Waals surface area contributed by atoms with Crippen molar-refractivity contribution in [3.8, 4) is 0 Å². The molecule has 3 nitrogen and oxygen atoms in total. The van der Waals surface area contributed by atoms with Crippen LogP contribution in [0.15, 0.2) is 36.4 Å². The molecule has 2 rings (SSSR count). The molecule has 2 aromatic rings. The first-order valence-electron chi connectivity index (χ1n) is 6.83. The Labute approximate surface area is 124 Å². The second-order valence-corrected chi connectivity index (χ2v) is 5.11. The molecule has 0 bridgehead atoms. The van der Waals surface area contributed by atoms with E-state index in [0.717, 1.165) is 28.1 Å². The Balaban J connectivity index is 1.97. The number of benzene rings is 2. The van der Waals surface area contributed by atoms with Gasteiger partial charge in [0, 0.05) is 11.4 Å². The second kappa shape index (κ2) is 6.39. The molecule has 0 saturated carbocycles. The van der Waals surface area contributed by atoms with Crippen LogP contribution in [-0.2, 0) is 4.79 Å². The molecule has 0 heterocycles. The standard InChI is InChI=1S/C17H19FN2O/c1-11-5-4-6-16(13(11)3)20-17(21)10-19-15-8-7-14(18)9-12(15)2/h4-9,19H,10H2,1-3H3,(H,20,21). The van der Waals surface area contributed by atoms with Crippen LogP contribution in [0.5, 0.6) is 0 Å². The van der Waals surface area contributed by atoms with E-state index in [1.54, 1.807) is 13.0 Å². The van der Waals surface area contributed by atoms with Gasteiger partial charge in [0.2, 0.25) is 5.91 Å². The lowest BCUT2D eigenvalue weighted by Gasteiger charge is -2.12. The minimum atomic E-state index is -0.280. The number of hydrogen-bond donors (Lipinski definition) is 2. The molecule has 0 unspecified atom stereocenters. The minimum absolute atomic E-state index is 0.132. The number of halogens is 1. The van der Waals surface area contributed by atoms with Gasteiger partial charge in [-0.2, -0.15) is 0 Å². The highest BCUT2D eigenvalue weighted by molar-refractivity contribution is 5.94. The highest BCUT2D eigenvalue weighted by Gasteiger charge is 2.07.